The number of sulfonamides is 1. The van der Waals surface area contributed by atoms with Crippen molar-refractivity contribution in [1.29, 1.82) is 0 Å². The zero-order valence-electron chi connectivity index (χ0n) is 17.8. The highest BCUT2D eigenvalue weighted by atomic mass is 32.2. The van der Waals surface area contributed by atoms with E-state index in [0.29, 0.717) is 24.2 Å². The number of nitrogens with one attached hydrogen (secondary N) is 2. The lowest BCUT2D eigenvalue weighted by Gasteiger charge is -2.30. The van der Waals surface area contributed by atoms with Crippen LogP contribution >= 0.6 is 0 Å². The van der Waals surface area contributed by atoms with Crippen molar-refractivity contribution < 1.29 is 22.4 Å². The van der Waals surface area contributed by atoms with Gasteiger partial charge in [0.1, 0.15) is 5.82 Å². The van der Waals surface area contributed by atoms with Crippen molar-refractivity contribution in [2.24, 2.45) is 11.8 Å². The predicted octanol–water partition coefficient (Wildman–Crippen LogP) is 3.52. The monoisotopic (exact) mass is 459 g/mol. The second-order valence-electron chi connectivity index (χ2n) is 8.41. The SMILES string of the molecule is Cc1ccc(NC(=O)C2CC2)cc1NC(=O)C1CCN(S(=O)(=O)c2ccc(F)cc2)CC1. The number of hydrogen-bond acceptors (Lipinski definition) is 4. The summed E-state index contributed by atoms with van der Waals surface area (Å²) in [6.45, 7) is 2.31. The third-order valence-corrected chi connectivity index (χ3v) is 7.90. The quantitative estimate of drug-likeness (QED) is 0.691. The van der Waals surface area contributed by atoms with Gasteiger partial charge in [-0.3, -0.25) is 9.59 Å². The zero-order valence-corrected chi connectivity index (χ0v) is 18.6. The summed E-state index contributed by atoms with van der Waals surface area (Å²) in [5.74, 6) is -0.895. The van der Waals surface area contributed by atoms with Gasteiger partial charge in [-0.25, -0.2) is 12.8 Å². The fourth-order valence-corrected chi connectivity index (χ4v) is 5.24. The average Bonchev–Trinajstić information content (AvgIpc) is 3.62. The van der Waals surface area contributed by atoms with Crippen LogP contribution in [-0.2, 0) is 19.6 Å². The Hall–Kier alpha value is -2.78. The van der Waals surface area contributed by atoms with Gasteiger partial charge in [0.15, 0.2) is 0 Å². The fraction of sp³-hybridized carbons (Fsp3) is 0.391. The molecule has 0 aromatic heterocycles. The molecule has 7 nitrogen and oxygen atoms in total. The van der Waals surface area contributed by atoms with Crippen molar-refractivity contribution in [3.8, 4) is 0 Å². The van der Waals surface area contributed by atoms with Gasteiger partial charge in [0.05, 0.1) is 4.90 Å². The topological polar surface area (TPSA) is 95.6 Å². The van der Waals surface area contributed by atoms with Crippen LogP contribution in [0.2, 0.25) is 0 Å². The summed E-state index contributed by atoms with van der Waals surface area (Å²) < 4.78 is 40.0. The molecule has 2 aliphatic rings. The minimum atomic E-state index is -3.72. The van der Waals surface area contributed by atoms with Crippen LogP contribution in [-0.4, -0.2) is 37.6 Å². The first-order chi connectivity index (χ1) is 15.2. The standard InChI is InChI=1S/C23H26FN3O4S/c1-15-2-7-19(25-22(28)16-3-4-16)14-21(15)26-23(29)17-10-12-27(13-11-17)32(30,31)20-8-5-18(24)6-9-20/h2,5-9,14,16-17H,3-4,10-13H2,1H3,(H,25,28)(H,26,29). The minimum Gasteiger partial charge on any atom is -0.326 e. The molecule has 2 N–H and O–H groups in total. The largest absolute Gasteiger partial charge is 0.326 e. The molecule has 1 aliphatic heterocycles. The molecular weight excluding hydrogens is 433 g/mol. The Balaban J connectivity index is 1.36. The highest BCUT2D eigenvalue weighted by Crippen LogP contribution is 2.31. The van der Waals surface area contributed by atoms with Crippen molar-refractivity contribution >= 4 is 33.2 Å². The second kappa shape index (κ2) is 8.99. The molecule has 0 bridgehead atoms. The van der Waals surface area contributed by atoms with Gasteiger partial charge in [0.25, 0.3) is 0 Å². The Morgan fingerprint density at radius 1 is 0.906 bits per heavy atom. The molecule has 0 radical (unpaired) electrons. The molecule has 1 heterocycles. The van der Waals surface area contributed by atoms with E-state index < -0.39 is 15.8 Å². The van der Waals surface area contributed by atoms with Gasteiger partial charge < -0.3 is 10.6 Å². The number of benzene rings is 2. The third-order valence-electron chi connectivity index (χ3n) is 5.99. The minimum absolute atomic E-state index is 0.000801. The van der Waals surface area contributed by atoms with Crippen LogP contribution in [0.25, 0.3) is 0 Å². The van der Waals surface area contributed by atoms with Gasteiger partial charge in [-0.05, 0) is 74.6 Å². The summed E-state index contributed by atoms with van der Waals surface area (Å²) in [7, 11) is -3.72. The van der Waals surface area contributed by atoms with E-state index in [4.69, 9.17) is 0 Å². The van der Waals surface area contributed by atoms with Gasteiger partial charge in [0, 0.05) is 36.3 Å². The van der Waals surface area contributed by atoms with Crippen LogP contribution in [0.15, 0.2) is 47.4 Å². The summed E-state index contributed by atoms with van der Waals surface area (Å²) >= 11 is 0. The van der Waals surface area contributed by atoms with E-state index >= 15 is 0 Å². The Labute approximate surface area is 187 Å². The average molecular weight is 460 g/mol. The summed E-state index contributed by atoms with van der Waals surface area (Å²) in [6, 6.07) is 10.2. The number of carbonyl (C=O) groups excluding carboxylic acids is 2. The number of halogens is 1. The van der Waals surface area contributed by atoms with Gasteiger partial charge in [-0.15, -0.1) is 0 Å². The number of nitrogens with zero attached hydrogens (tertiary/aromatic N) is 1. The van der Waals surface area contributed by atoms with Gasteiger partial charge >= 0.3 is 0 Å². The van der Waals surface area contributed by atoms with E-state index in [2.05, 4.69) is 10.6 Å². The lowest BCUT2D eigenvalue weighted by molar-refractivity contribution is -0.121. The smallest absolute Gasteiger partial charge is 0.243 e. The van der Waals surface area contributed by atoms with Crippen LogP contribution in [0.4, 0.5) is 15.8 Å². The Kier molecular flexibility index (Phi) is 6.30. The molecule has 9 heteroatoms. The summed E-state index contributed by atoms with van der Waals surface area (Å²) in [5.41, 5.74) is 2.15. The number of hydrogen-bond donors (Lipinski definition) is 2. The van der Waals surface area contributed by atoms with Gasteiger partial charge in [-0.2, -0.15) is 4.31 Å². The van der Waals surface area contributed by atoms with Crippen molar-refractivity contribution in [2.75, 3.05) is 23.7 Å². The number of rotatable bonds is 6. The maximum atomic E-state index is 13.1. The van der Waals surface area contributed by atoms with E-state index in [-0.39, 0.29) is 41.6 Å². The molecule has 0 atom stereocenters. The lowest BCUT2D eigenvalue weighted by Crippen LogP contribution is -2.41. The molecule has 2 aromatic rings. The second-order valence-corrected chi connectivity index (χ2v) is 10.4. The van der Waals surface area contributed by atoms with E-state index in [9.17, 15) is 22.4 Å². The molecule has 32 heavy (non-hydrogen) atoms. The first-order valence-corrected chi connectivity index (χ1v) is 12.2. The number of amides is 2. The van der Waals surface area contributed by atoms with Crippen molar-refractivity contribution in [3.05, 3.63) is 53.8 Å². The van der Waals surface area contributed by atoms with Crippen LogP contribution in [0.1, 0.15) is 31.2 Å². The fourth-order valence-electron chi connectivity index (χ4n) is 3.77. The van der Waals surface area contributed by atoms with Crippen molar-refractivity contribution in [2.45, 2.75) is 37.5 Å². The third kappa shape index (κ3) is 4.99. The lowest BCUT2D eigenvalue weighted by atomic mass is 9.97. The molecule has 2 aromatic carbocycles. The van der Waals surface area contributed by atoms with E-state index in [1.54, 1.807) is 6.07 Å². The number of anilines is 2. The van der Waals surface area contributed by atoms with Crippen molar-refractivity contribution in [3.63, 3.8) is 0 Å². The summed E-state index contributed by atoms with van der Waals surface area (Å²) in [6.07, 6.45) is 2.61. The van der Waals surface area contributed by atoms with Gasteiger partial charge in [-0.1, -0.05) is 6.07 Å². The van der Waals surface area contributed by atoms with Crippen LogP contribution in [0.3, 0.4) is 0 Å². The predicted molar refractivity (Wildman–Crippen MR) is 119 cm³/mol. The molecule has 2 amide bonds. The molecule has 4 rings (SSSR count). The molecule has 1 aliphatic carbocycles. The molecular formula is C23H26FN3O4S. The van der Waals surface area contributed by atoms with Crippen LogP contribution < -0.4 is 10.6 Å². The first-order valence-electron chi connectivity index (χ1n) is 10.7. The highest BCUT2D eigenvalue weighted by Gasteiger charge is 2.32. The maximum Gasteiger partial charge on any atom is 0.243 e. The number of carbonyl (C=O) groups is 2. The molecule has 1 saturated heterocycles. The Bertz CT molecular complexity index is 1120. The number of aryl methyl sites for hydroxylation is 1. The van der Waals surface area contributed by atoms with Crippen molar-refractivity contribution in [1.82, 2.24) is 4.31 Å². The Morgan fingerprint density at radius 3 is 2.12 bits per heavy atom. The van der Waals surface area contributed by atoms with Crippen LogP contribution in [0, 0.1) is 24.6 Å². The molecule has 0 spiro atoms. The first kappa shape index (κ1) is 22.4. The molecule has 2 fully saturated rings. The van der Waals surface area contributed by atoms with Crippen LogP contribution in [0.5, 0.6) is 0 Å². The van der Waals surface area contributed by atoms with E-state index in [0.717, 1.165) is 30.5 Å². The normalized spacial score (nSPS) is 17.7. The maximum absolute atomic E-state index is 13.1. The molecule has 0 unspecified atom stereocenters. The van der Waals surface area contributed by atoms with E-state index in [1.165, 1.54) is 16.4 Å². The zero-order chi connectivity index (χ0) is 22.9. The molecule has 170 valence electrons. The highest BCUT2D eigenvalue weighted by molar-refractivity contribution is 7.89. The number of piperidine rings is 1. The summed E-state index contributed by atoms with van der Waals surface area (Å²) in [5, 5.41) is 5.81. The Morgan fingerprint density at radius 2 is 1.50 bits per heavy atom. The van der Waals surface area contributed by atoms with E-state index in [1.807, 2.05) is 19.1 Å². The van der Waals surface area contributed by atoms with Gasteiger partial charge in [0.2, 0.25) is 21.8 Å². The molecule has 1 saturated carbocycles. The summed E-state index contributed by atoms with van der Waals surface area (Å²) in [4.78, 5) is 24.9.